The highest BCUT2D eigenvalue weighted by atomic mass is 16.1. The SMILES string of the molecule is C[NH+]1CCN(c2nc(C(N)=O)cc(-c3ccccc3)n2)CC1. The molecule has 1 fully saturated rings. The molecule has 1 aliphatic heterocycles. The van der Waals surface area contributed by atoms with Gasteiger partial charge in [-0.2, -0.15) is 0 Å². The molecule has 3 N–H and O–H groups in total. The van der Waals surface area contributed by atoms with Crippen molar-refractivity contribution in [3.05, 3.63) is 42.1 Å². The fourth-order valence-corrected chi connectivity index (χ4v) is 2.55. The Balaban J connectivity index is 1.99. The third kappa shape index (κ3) is 3.07. The van der Waals surface area contributed by atoms with Crippen molar-refractivity contribution in [1.82, 2.24) is 9.97 Å². The van der Waals surface area contributed by atoms with Gasteiger partial charge in [-0.25, -0.2) is 9.97 Å². The van der Waals surface area contributed by atoms with E-state index in [2.05, 4.69) is 21.9 Å². The standard InChI is InChI=1S/C16H19N5O/c1-20-7-9-21(10-8-20)16-18-13(11-14(19-16)15(17)22)12-5-3-2-4-6-12/h2-6,11H,7-10H2,1H3,(H2,17,22)/p+1. The Morgan fingerprint density at radius 2 is 1.86 bits per heavy atom. The normalized spacial score (nSPS) is 15.8. The van der Waals surface area contributed by atoms with E-state index < -0.39 is 5.91 Å². The van der Waals surface area contributed by atoms with Gasteiger partial charge in [-0.05, 0) is 6.07 Å². The topological polar surface area (TPSA) is 76.6 Å². The second kappa shape index (κ2) is 6.11. The van der Waals surface area contributed by atoms with Crippen LogP contribution < -0.4 is 15.5 Å². The van der Waals surface area contributed by atoms with E-state index in [1.54, 1.807) is 6.07 Å². The monoisotopic (exact) mass is 298 g/mol. The zero-order valence-corrected chi connectivity index (χ0v) is 12.6. The molecule has 2 heterocycles. The van der Waals surface area contributed by atoms with Gasteiger partial charge >= 0.3 is 0 Å². The van der Waals surface area contributed by atoms with E-state index in [0.717, 1.165) is 37.4 Å². The van der Waals surface area contributed by atoms with Crippen molar-refractivity contribution < 1.29 is 9.69 Å². The summed E-state index contributed by atoms with van der Waals surface area (Å²) in [5.41, 5.74) is 7.37. The lowest BCUT2D eigenvalue weighted by atomic mass is 10.1. The van der Waals surface area contributed by atoms with E-state index in [9.17, 15) is 4.79 Å². The minimum absolute atomic E-state index is 0.259. The number of primary amides is 1. The highest BCUT2D eigenvalue weighted by molar-refractivity contribution is 5.92. The molecular formula is C16H20N5O+. The van der Waals surface area contributed by atoms with Crippen LogP contribution in [0.25, 0.3) is 11.3 Å². The number of benzene rings is 1. The first-order chi connectivity index (χ1) is 10.6. The molecule has 0 saturated carbocycles. The van der Waals surface area contributed by atoms with Crippen molar-refractivity contribution in [1.29, 1.82) is 0 Å². The molecule has 114 valence electrons. The Morgan fingerprint density at radius 3 is 2.50 bits per heavy atom. The van der Waals surface area contributed by atoms with E-state index in [1.165, 1.54) is 4.90 Å². The Kier molecular flexibility index (Phi) is 4.02. The predicted molar refractivity (Wildman–Crippen MR) is 84.8 cm³/mol. The molecule has 1 aliphatic rings. The largest absolute Gasteiger partial charge is 0.364 e. The number of piperazine rings is 1. The molecular weight excluding hydrogens is 278 g/mol. The Morgan fingerprint density at radius 1 is 1.18 bits per heavy atom. The van der Waals surface area contributed by atoms with Crippen LogP contribution in [0.2, 0.25) is 0 Å². The van der Waals surface area contributed by atoms with Crippen LogP contribution in [0.1, 0.15) is 10.5 Å². The molecule has 0 aliphatic carbocycles. The lowest BCUT2D eigenvalue weighted by Gasteiger charge is -2.30. The molecule has 0 atom stereocenters. The van der Waals surface area contributed by atoms with Gasteiger partial charge in [0.1, 0.15) is 5.69 Å². The maximum Gasteiger partial charge on any atom is 0.267 e. The van der Waals surface area contributed by atoms with E-state index >= 15 is 0 Å². The number of rotatable bonds is 3. The first kappa shape index (κ1) is 14.5. The maximum absolute atomic E-state index is 11.6. The molecule has 0 bridgehead atoms. The van der Waals surface area contributed by atoms with Crippen LogP contribution in [-0.4, -0.2) is 49.1 Å². The Bertz CT molecular complexity index is 665. The number of hydrogen-bond acceptors (Lipinski definition) is 4. The third-order valence-electron chi connectivity index (χ3n) is 3.94. The summed E-state index contributed by atoms with van der Waals surface area (Å²) in [4.78, 5) is 24.2. The zero-order valence-electron chi connectivity index (χ0n) is 12.6. The van der Waals surface area contributed by atoms with Crippen molar-refractivity contribution in [3.8, 4) is 11.3 Å². The predicted octanol–water partition coefficient (Wildman–Crippen LogP) is -0.423. The summed E-state index contributed by atoms with van der Waals surface area (Å²) >= 11 is 0. The van der Waals surface area contributed by atoms with Gasteiger partial charge in [0.15, 0.2) is 0 Å². The second-order valence-electron chi connectivity index (χ2n) is 5.61. The van der Waals surface area contributed by atoms with Gasteiger partial charge in [0, 0.05) is 5.56 Å². The summed E-state index contributed by atoms with van der Waals surface area (Å²) in [6.07, 6.45) is 0. The van der Waals surface area contributed by atoms with Crippen molar-refractivity contribution in [2.75, 3.05) is 38.1 Å². The van der Waals surface area contributed by atoms with E-state index in [-0.39, 0.29) is 5.69 Å². The first-order valence-corrected chi connectivity index (χ1v) is 7.44. The minimum Gasteiger partial charge on any atom is -0.364 e. The van der Waals surface area contributed by atoms with Gasteiger partial charge < -0.3 is 15.5 Å². The van der Waals surface area contributed by atoms with Crippen LogP contribution in [0.15, 0.2) is 36.4 Å². The number of quaternary nitrogens is 1. The van der Waals surface area contributed by atoms with Crippen molar-refractivity contribution >= 4 is 11.9 Å². The number of likely N-dealkylation sites (N-methyl/N-ethyl adjacent to an activating group) is 1. The molecule has 1 saturated heterocycles. The number of nitrogens with two attached hydrogens (primary N) is 1. The number of aromatic nitrogens is 2. The Labute approximate surface area is 129 Å². The van der Waals surface area contributed by atoms with Crippen LogP contribution >= 0.6 is 0 Å². The van der Waals surface area contributed by atoms with Gasteiger partial charge in [-0.15, -0.1) is 0 Å². The fraction of sp³-hybridized carbons (Fsp3) is 0.312. The van der Waals surface area contributed by atoms with Crippen LogP contribution in [0.3, 0.4) is 0 Å². The lowest BCUT2D eigenvalue weighted by molar-refractivity contribution is -0.880. The Hall–Kier alpha value is -2.47. The van der Waals surface area contributed by atoms with Crippen LogP contribution in [0, 0.1) is 0 Å². The average molecular weight is 298 g/mol. The maximum atomic E-state index is 11.6. The number of carbonyl (C=O) groups is 1. The number of amides is 1. The quantitative estimate of drug-likeness (QED) is 0.807. The van der Waals surface area contributed by atoms with Gasteiger partial charge in [-0.1, -0.05) is 30.3 Å². The molecule has 0 radical (unpaired) electrons. The molecule has 0 spiro atoms. The molecule has 1 aromatic carbocycles. The van der Waals surface area contributed by atoms with E-state index in [0.29, 0.717) is 5.95 Å². The lowest BCUT2D eigenvalue weighted by Crippen LogP contribution is -3.12. The van der Waals surface area contributed by atoms with Crippen molar-refractivity contribution in [3.63, 3.8) is 0 Å². The summed E-state index contributed by atoms with van der Waals surface area (Å²) in [5.74, 6) is 0.0586. The molecule has 1 aromatic heterocycles. The van der Waals surface area contributed by atoms with Gasteiger partial charge in [0.2, 0.25) is 5.95 Å². The van der Waals surface area contributed by atoms with Crippen LogP contribution in [-0.2, 0) is 0 Å². The average Bonchev–Trinajstić information content (AvgIpc) is 2.56. The summed E-state index contributed by atoms with van der Waals surface area (Å²) < 4.78 is 0. The summed E-state index contributed by atoms with van der Waals surface area (Å²) in [6, 6.07) is 11.4. The molecule has 2 aromatic rings. The summed E-state index contributed by atoms with van der Waals surface area (Å²) in [5, 5.41) is 0. The van der Waals surface area contributed by atoms with E-state index in [1.807, 2.05) is 30.3 Å². The van der Waals surface area contributed by atoms with Gasteiger partial charge in [-0.3, -0.25) is 4.79 Å². The zero-order chi connectivity index (χ0) is 15.5. The first-order valence-electron chi connectivity index (χ1n) is 7.44. The number of hydrogen-bond donors (Lipinski definition) is 2. The van der Waals surface area contributed by atoms with Gasteiger partial charge in [0.25, 0.3) is 5.91 Å². The molecule has 3 rings (SSSR count). The third-order valence-corrected chi connectivity index (χ3v) is 3.94. The number of nitrogens with one attached hydrogen (secondary N) is 1. The van der Waals surface area contributed by atoms with Crippen LogP contribution in [0.5, 0.6) is 0 Å². The molecule has 6 nitrogen and oxygen atoms in total. The van der Waals surface area contributed by atoms with Crippen LogP contribution in [0.4, 0.5) is 5.95 Å². The minimum atomic E-state index is -0.527. The summed E-state index contributed by atoms with van der Waals surface area (Å²) in [7, 11) is 2.17. The molecule has 0 unspecified atom stereocenters. The number of anilines is 1. The number of nitrogens with zero attached hydrogens (tertiary/aromatic N) is 3. The highest BCUT2D eigenvalue weighted by Crippen LogP contribution is 2.20. The second-order valence-corrected chi connectivity index (χ2v) is 5.61. The van der Waals surface area contributed by atoms with Crippen molar-refractivity contribution in [2.24, 2.45) is 5.73 Å². The van der Waals surface area contributed by atoms with Crippen molar-refractivity contribution in [2.45, 2.75) is 0 Å². The molecule has 6 heteroatoms. The smallest absolute Gasteiger partial charge is 0.267 e. The highest BCUT2D eigenvalue weighted by Gasteiger charge is 2.21. The fourth-order valence-electron chi connectivity index (χ4n) is 2.55. The number of carbonyl (C=O) groups excluding carboxylic acids is 1. The molecule has 22 heavy (non-hydrogen) atoms. The molecule has 1 amide bonds. The summed E-state index contributed by atoms with van der Waals surface area (Å²) in [6.45, 7) is 3.82. The van der Waals surface area contributed by atoms with Gasteiger partial charge in [0.05, 0.1) is 38.9 Å². The van der Waals surface area contributed by atoms with E-state index in [4.69, 9.17) is 5.73 Å².